The van der Waals surface area contributed by atoms with Crippen LogP contribution in [-0.2, 0) is 4.79 Å². The highest BCUT2D eigenvalue weighted by Crippen LogP contribution is 2.34. The van der Waals surface area contributed by atoms with E-state index in [2.05, 4.69) is 24.0 Å². The molecule has 1 saturated carbocycles. The Morgan fingerprint density at radius 3 is 2.31 bits per heavy atom. The maximum absolute atomic E-state index is 13.6. The summed E-state index contributed by atoms with van der Waals surface area (Å²) in [7, 11) is 0. The lowest BCUT2D eigenvalue weighted by molar-refractivity contribution is -0.139. The summed E-state index contributed by atoms with van der Waals surface area (Å²) < 4.78 is 0. The van der Waals surface area contributed by atoms with Crippen LogP contribution in [0, 0.1) is 11.8 Å². The van der Waals surface area contributed by atoms with Crippen molar-refractivity contribution in [3.8, 4) is 0 Å². The highest BCUT2D eigenvalue weighted by atomic mass is 16.2. The van der Waals surface area contributed by atoms with Crippen molar-refractivity contribution in [1.82, 2.24) is 9.80 Å². The molecule has 4 nitrogen and oxygen atoms in total. The molecule has 1 saturated heterocycles. The van der Waals surface area contributed by atoms with Crippen molar-refractivity contribution in [3.63, 3.8) is 0 Å². The summed E-state index contributed by atoms with van der Waals surface area (Å²) in [6, 6.07) is 19.7. The van der Waals surface area contributed by atoms with Gasteiger partial charge in [0.15, 0.2) is 0 Å². The van der Waals surface area contributed by atoms with E-state index < -0.39 is 0 Å². The van der Waals surface area contributed by atoms with Gasteiger partial charge in [-0.15, -0.1) is 0 Å². The van der Waals surface area contributed by atoms with Crippen molar-refractivity contribution >= 4 is 11.8 Å². The molecule has 0 bridgehead atoms. The Hall–Kier alpha value is -2.62. The van der Waals surface area contributed by atoms with Gasteiger partial charge in [0.1, 0.15) is 0 Å². The zero-order chi connectivity index (χ0) is 20.2. The number of amides is 2. The van der Waals surface area contributed by atoms with E-state index >= 15 is 0 Å². The summed E-state index contributed by atoms with van der Waals surface area (Å²) in [6.45, 7) is 4.22. The molecule has 4 heteroatoms. The van der Waals surface area contributed by atoms with E-state index in [1.54, 1.807) is 0 Å². The highest BCUT2D eigenvalue weighted by molar-refractivity contribution is 5.94. The molecule has 2 atom stereocenters. The van der Waals surface area contributed by atoms with Crippen molar-refractivity contribution in [2.24, 2.45) is 11.8 Å². The summed E-state index contributed by atoms with van der Waals surface area (Å²) >= 11 is 0. The Bertz CT molecular complexity index is 832. The predicted molar refractivity (Wildman–Crippen MR) is 114 cm³/mol. The van der Waals surface area contributed by atoms with Crippen LogP contribution in [0.4, 0.5) is 0 Å². The number of carbonyl (C=O) groups is 2. The molecule has 1 heterocycles. The van der Waals surface area contributed by atoms with Gasteiger partial charge in [-0.1, -0.05) is 48.5 Å². The second-order valence-corrected chi connectivity index (χ2v) is 8.48. The van der Waals surface area contributed by atoms with Gasteiger partial charge in [0, 0.05) is 25.2 Å². The molecule has 152 valence electrons. The smallest absolute Gasteiger partial charge is 0.253 e. The maximum atomic E-state index is 13.6. The third-order valence-corrected chi connectivity index (χ3v) is 6.26. The van der Waals surface area contributed by atoms with Gasteiger partial charge in [-0.2, -0.15) is 0 Å². The van der Waals surface area contributed by atoms with Crippen LogP contribution in [0.25, 0.3) is 0 Å². The van der Waals surface area contributed by atoms with Gasteiger partial charge in [-0.05, 0) is 56.2 Å². The van der Waals surface area contributed by atoms with E-state index in [0.29, 0.717) is 18.0 Å². The van der Waals surface area contributed by atoms with Crippen LogP contribution in [0.5, 0.6) is 0 Å². The first-order valence-electron chi connectivity index (χ1n) is 10.8. The van der Waals surface area contributed by atoms with Gasteiger partial charge >= 0.3 is 0 Å². The van der Waals surface area contributed by atoms with E-state index in [-0.39, 0.29) is 23.8 Å². The van der Waals surface area contributed by atoms with Crippen molar-refractivity contribution in [3.05, 3.63) is 71.8 Å². The minimum absolute atomic E-state index is 0.0351. The van der Waals surface area contributed by atoms with Crippen molar-refractivity contribution in [2.45, 2.75) is 38.6 Å². The fourth-order valence-corrected chi connectivity index (χ4v) is 4.29. The predicted octanol–water partition coefficient (Wildman–Crippen LogP) is 4.54. The summed E-state index contributed by atoms with van der Waals surface area (Å²) in [5, 5.41) is 0. The molecule has 2 unspecified atom stereocenters. The maximum Gasteiger partial charge on any atom is 0.253 e. The second-order valence-electron chi connectivity index (χ2n) is 8.48. The molecule has 1 aliphatic carbocycles. The van der Waals surface area contributed by atoms with Gasteiger partial charge in [0.2, 0.25) is 5.91 Å². The molecular formula is C25H30N2O2. The molecule has 2 aromatic carbocycles. The van der Waals surface area contributed by atoms with E-state index in [1.165, 1.54) is 18.4 Å². The summed E-state index contributed by atoms with van der Waals surface area (Å²) in [5.74, 6) is 0.767. The molecule has 4 rings (SSSR count). The lowest BCUT2D eigenvalue weighted by atomic mass is 9.94. The number of carbonyl (C=O) groups excluding carboxylic acids is 2. The molecule has 1 aliphatic heterocycles. The molecule has 29 heavy (non-hydrogen) atoms. The fourth-order valence-electron chi connectivity index (χ4n) is 4.29. The third kappa shape index (κ3) is 4.69. The SMILES string of the molecule is CC(c1ccccc1)N(CC1CC1)C(=O)C1CCCN(C(=O)c2ccccc2)C1. The van der Waals surface area contributed by atoms with E-state index in [0.717, 1.165) is 25.9 Å². The minimum Gasteiger partial charge on any atom is -0.338 e. The average molecular weight is 391 g/mol. The topological polar surface area (TPSA) is 40.6 Å². The first-order chi connectivity index (χ1) is 14.1. The Kier molecular flexibility index (Phi) is 5.98. The van der Waals surface area contributed by atoms with Crippen LogP contribution in [0.15, 0.2) is 60.7 Å². The van der Waals surface area contributed by atoms with Crippen LogP contribution < -0.4 is 0 Å². The number of benzene rings is 2. The third-order valence-electron chi connectivity index (χ3n) is 6.26. The average Bonchev–Trinajstić information content (AvgIpc) is 3.61. The normalized spacial score (nSPS) is 20.2. The van der Waals surface area contributed by atoms with Crippen LogP contribution in [-0.4, -0.2) is 41.2 Å². The number of hydrogen-bond donors (Lipinski definition) is 0. The second kappa shape index (κ2) is 8.81. The molecule has 0 spiro atoms. The lowest BCUT2D eigenvalue weighted by Crippen LogP contribution is -2.47. The summed E-state index contributed by atoms with van der Waals surface area (Å²) in [4.78, 5) is 30.4. The minimum atomic E-state index is -0.110. The first kappa shape index (κ1) is 19.7. The molecule has 2 fully saturated rings. The lowest BCUT2D eigenvalue weighted by Gasteiger charge is -2.37. The van der Waals surface area contributed by atoms with Gasteiger partial charge in [-0.3, -0.25) is 9.59 Å². The van der Waals surface area contributed by atoms with Gasteiger partial charge < -0.3 is 9.80 Å². The number of nitrogens with zero attached hydrogens (tertiary/aromatic N) is 2. The van der Waals surface area contributed by atoms with Gasteiger partial charge in [-0.25, -0.2) is 0 Å². The van der Waals surface area contributed by atoms with E-state index in [1.807, 2.05) is 53.4 Å². The summed E-state index contributed by atoms with van der Waals surface area (Å²) in [5.41, 5.74) is 1.88. The number of rotatable bonds is 6. The van der Waals surface area contributed by atoms with Gasteiger partial charge in [0.05, 0.1) is 12.0 Å². The first-order valence-corrected chi connectivity index (χ1v) is 10.8. The van der Waals surface area contributed by atoms with Crippen LogP contribution in [0.1, 0.15) is 54.6 Å². The molecule has 2 aliphatic rings. The Balaban J connectivity index is 1.48. The van der Waals surface area contributed by atoms with Crippen LogP contribution in [0.2, 0.25) is 0 Å². The molecule has 2 amide bonds. The van der Waals surface area contributed by atoms with Crippen molar-refractivity contribution in [1.29, 1.82) is 0 Å². The molecular weight excluding hydrogens is 360 g/mol. The Labute approximate surface area is 173 Å². The van der Waals surface area contributed by atoms with Crippen LogP contribution >= 0.6 is 0 Å². The standard InChI is InChI=1S/C25H30N2O2/c1-19(21-9-4-2-5-10-21)27(17-20-14-15-20)25(29)23-13-8-16-26(18-23)24(28)22-11-6-3-7-12-22/h2-7,9-12,19-20,23H,8,13-18H2,1H3. The van der Waals surface area contributed by atoms with Crippen LogP contribution in [0.3, 0.4) is 0 Å². The highest BCUT2D eigenvalue weighted by Gasteiger charge is 2.36. The zero-order valence-corrected chi connectivity index (χ0v) is 17.2. The summed E-state index contributed by atoms with van der Waals surface area (Å²) in [6.07, 6.45) is 4.18. The fraction of sp³-hybridized carbons (Fsp3) is 0.440. The van der Waals surface area contributed by atoms with Crippen molar-refractivity contribution in [2.75, 3.05) is 19.6 Å². The Morgan fingerprint density at radius 1 is 1.00 bits per heavy atom. The monoisotopic (exact) mass is 390 g/mol. The number of piperidine rings is 1. The molecule has 0 N–H and O–H groups in total. The van der Waals surface area contributed by atoms with E-state index in [9.17, 15) is 9.59 Å². The zero-order valence-electron chi connectivity index (χ0n) is 17.2. The van der Waals surface area contributed by atoms with E-state index in [4.69, 9.17) is 0 Å². The molecule has 2 aromatic rings. The largest absolute Gasteiger partial charge is 0.338 e. The van der Waals surface area contributed by atoms with Gasteiger partial charge in [0.25, 0.3) is 5.91 Å². The quantitative estimate of drug-likeness (QED) is 0.727. The Morgan fingerprint density at radius 2 is 1.66 bits per heavy atom. The van der Waals surface area contributed by atoms with Crippen molar-refractivity contribution < 1.29 is 9.59 Å². The molecule has 0 radical (unpaired) electrons. The number of likely N-dealkylation sites (tertiary alicyclic amines) is 1. The number of hydrogen-bond acceptors (Lipinski definition) is 2. The molecule has 0 aromatic heterocycles.